The van der Waals surface area contributed by atoms with Gasteiger partial charge in [0.1, 0.15) is 11.6 Å². The fraction of sp³-hybridized carbons (Fsp3) is 0.0870. The van der Waals surface area contributed by atoms with Crippen molar-refractivity contribution in [2.75, 3.05) is 11.9 Å². The fourth-order valence-electron chi connectivity index (χ4n) is 2.79. The number of nitrogens with one attached hydrogen (secondary N) is 1. The van der Waals surface area contributed by atoms with E-state index in [0.29, 0.717) is 28.4 Å². The van der Waals surface area contributed by atoms with E-state index in [0.717, 1.165) is 5.56 Å². The Morgan fingerprint density at radius 1 is 1.03 bits per heavy atom. The van der Waals surface area contributed by atoms with Gasteiger partial charge in [-0.1, -0.05) is 41.1 Å². The Morgan fingerprint density at radius 3 is 2.60 bits per heavy atom. The van der Waals surface area contributed by atoms with Crippen molar-refractivity contribution in [3.8, 4) is 28.6 Å². The van der Waals surface area contributed by atoms with Crippen LogP contribution in [0.25, 0.3) is 22.8 Å². The summed E-state index contributed by atoms with van der Waals surface area (Å²) in [5, 5.41) is 6.73. The van der Waals surface area contributed by atoms with Gasteiger partial charge in [-0.15, -0.1) is 0 Å². The Labute approximate surface area is 172 Å². The van der Waals surface area contributed by atoms with E-state index in [2.05, 4.69) is 15.5 Å². The van der Waals surface area contributed by atoms with E-state index in [4.69, 9.17) is 9.26 Å². The first-order valence-corrected chi connectivity index (χ1v) is 9.26. The molecule has 1 aromatic heterocycles. The van der Waals surface area contributed by atoms with E-state index in [1.165, 1.54) is 12.1 Å². The Bertz CT molecular complexity index is 1170. The van der Waals surface area contributed by atoms with Crippen LogP contribution in [0.1, 0.15) is 5.56 Å². The molecule has 0 aliphatic rings. The number of ether oxygens (including phenoxy) is 1. The van der Waals surface area contributed by atoms with Crippen LogP contribution in [0, 0.1) is 12.7 Å². The topological polar surface area (TPSA) is 77.2 Å². The van der Waals surface area contributed by atoms with E-state index in [-0.39, 0.29) is 24.2 Å². The van der Waals surface area contributed by atoms with Gasteiger partial charge in [0.15, 0.2) is 6.61 Å². The van der Waals surface area contributed by atoms with Gasteiger partial charge in [-0.2, -0.15) is 4.98 Å². The third-order valence-electron chi connectivity index (χ3n) is 4.30. The van der Waals surface area contributed by atoms with E-state index in [1.807, 2.05) is 31.2 Å². The Kier molecular flexibility index (Phi) is 5.52. The van der Waals surface area contributed by atoms with E-state index in [9.17, 15) is 9.18 Å². The maximum Gasteiger partial charge on any atom is 0.262 e. The molecule has 0 unspecified atom stereocenters. The van der Waals surface area contributed by atoms with Crippen molar-refractivity contribution in [1.29, 1.82) is 0 Å². The summed E-state index contributed by atoms with van der Waals surface area (Å²) in [5.41, 5.74) is 2.97. The summed E-state index contributed by atoms with van der Waals surface area (Å²) in [6.07, 6.45) is 0. The molecule has 0 radical (unpaired) electrons. The minimum absolute atomic E-state index is 0.141. The monoisotopic (exact) mass is 403 g/mol. The first-order valence-electron chi connectivity index (χ1n) is 9.26. The van der Waals surface area contributed by atoms with E-state index >= 15 is 0 Å². The summed E-state index contributed by atoms with van der Waals surface area (Å²) >= 11 is 0. The standard InChI is InChI=1S/C23H18FN3O3/c1-15-8-10-19(11-9-15)25-21(28)14-29-20-7-3-4-16(13-20)22-26-23(30-27-22)17-5-2-6-18(24)12-17/h2-13H,14H2,1H3,(H,25,28). The smallest absolute Gasteiger partial charge is 0.262 e. The molecule has 0 aliphatic carbocycles. The number of rotatable bonds is 6. The zero-order valence-corrected chi connectivity index (χ0v) is 16.1. The van der Waals surface area contributed by atoms with Crippen molar-refractivity contribution in [3.05, 3.63) is 84.2 Å². The molecule has 0 saturated carbocycles. The number of amides is 1. The van der Waals surface area contributed by atoms with Crippen LogP contribution in [0.2, 0.25) is 0 Å². The number of aryl methyl sites for hydroxylation is 1. The predicted molar refractivity (Wildman–Crippen MR) is 110 cm³/mol. The molecule has 1 heterocycles. The maximum absolute atomic E-state index is 13.4. The molecule has 3 aromatic carbocycles. The third-order valence-corrected chi connectivity index (χ3v) is 4.30. The van der Waals surface area contributed by atoms with Crippen LogP contribution in [0.15, 0.2) is 77.3 Å². The Morgan fingerprint density at radius 2 is 1.80 bits per heavy atom. The van der Waals surface area contributed by atoms with Crippen LogP contribution in [0.3, 0.4) is 0 Å². The van der Waals surface area contributed by atoms with E-state index < -0.39 is 0 Å². The maximum atomic E-state index is 13.4. The molecule has 30 heavy (non-hydrogen) atoms. The van der Waals surface area contributed by atoms with Crippen molar-refractivity contribution in [2.45, 2.75) is 6.92 Å². The van der Waals surface area contributed by atoms with Gasteiger partial charge in [-0.25, -0.2) is 4.39 Å². The average Bonchev–Trinajstić information content (AvgIpc) is 3.25. The molecule has 4 rings (SSSR count). The molecule has 0 atom stereocenters. The van der Waals surface area contributed by atoms with Crippen LogP contribution in [0.5, 0.6) is 5.75 Å². The van der Waals surface area contributed by atoms with E-state index in [1.54, 1.807) is 36.4 Å². The van der Waals surface area contributed by atoms with Gasteiger partial charge in [0.05, 0.1) is 0 Å². The second kappa shape index (κ2) is 8.57. The van der Waals surface area contributed by atoms with Gasteiger partial charge in [0.25, 0.3) is 11.8 Å². The number of halogens is 1. The quantitative estimate of drug-likeness (QED) is 0.497. The van der Waals surface area contributed by atoms with Gasteiger partial charge in [-0.3, -0.25) is 4.79 Å². The number of nitrogens with zero attached hydrogens (tertiary/aromatic N) is 2. The van der Waals surface area contributed by atoms with Crippen LogP contribution in [-0.2, 0) is 4.79 Å². The molecular weight excluding hydrogens is 385 g/mol. The van der Waals surface area contributed by atoms with Crippen LogP contribution in [0.4, 0.5) is 10.1 Å². The molecule has 1 N–H and O–H groups in total. The summed E-state index contributed by atoms with van der Waals surface area (Å²) < 4.78 is 24.2. The first kappa shape index (κ1) is 19.3. The highest BCUT2D eigenvalue weighted by Crippen LogP contribution is 2.25. The predicted octanol–water partition coefficient (Wildman–Crippen LogP) is 4.87. The third kappa shape index (κ3) is 4.70. The Hall–Kier alpha value is -4.00. The lowest BCUT2D eigenvalue weighted by molar-refractivity contribution is -0.118. The molecule has 0 bridgehead atoms. The normalized spacial score (nSPS) is 10.6. The first-order chi connectivity index (χ1) is 14.6. The molecule has 0 fully saturated rings. The minimum atomic E-state index is -0.383. The molecule has 0 spiro atoms. The molecule has 0 aliphatic heterocycles. The molecule has 0 saturated heterocycles. The van der Waals surface area contributed by atoms with Gasteiger partial charge < -0.3 is 14.6 Å². The zero-order chi connectivity index (χ0) is 20.9. The molecule has 4 aromatic rings. The molecule has 1 amide bonds. The van der Waals surface area contributed by atoms with Crippen molar-refractivity contribution in [2.24, 2.45) is 0 Å². The van der Waals surface area contributed by atoms with Gasteiger partial charge in [0, 0.05) is 16.8 Å². The number of benzene rings is 3. The minimum Gasteiger partial charge on any atom is -0.484 e. The van der Waals surface area contributed by atoms with Gasteiger partial charge in [-0.05, 0) is 49.4 Å². The highest BCUT2D eigenvalue weighted by Gasteiger charge is 2.12. The van der Waals surface area contributed by atoms with Gasteiger partial charge >= 0.3 is 0 Å². The lowest BCUT2D eigenvalue weighted by Gasteiger charge is -2.08. The lowest BCUT2D eigenvalue weighted by atomic mass is 10.2. The summed E-state index contributed by atoms with van der Waals surface area (Å²) in [5.74, 6) is 0.393. The average molecular weight is 403 g/mol. The number of aromatic nitrogens is 2. The highest BCUT2D eigenvalue weighted by atomic mass is 19.1. The number of anilines is 1. The Balaban J connectivity index is 1.41. The molecule has 7 heteroatoms. The second-order valence-corrected chi connectivity index (χ2v) is 6.66. The van der Waals surface area contributed by atoms with Gasteiger partial charge in [0.2, 0.25) is 5.82 Å². The van der Waals surface area contributed by atoms with Crippen molar-refractivity contribution in [1.82, 2.24) is 10.1 Å². The number of hydrogen-bond donors (Lipinski definition) is 1. The fourth-order valence-corrected chi connectivity index (χ4v) is 2.79. The van der Waals surface area contributed by atoms with Crippen molar-refractivity contribution < 1.29 is 18.4 Å². The molecular formula is C23H18FN3O3. The molecule has 6 nitrogen and oxygen atoms in total. The summed E-state index contributed by atoms with van der Waals surface area (Å²) in [6, 6.07) is 20.4. The van der Waals surface area contributed by atoms with Crippen LogP contribution in [-0.4, -0.2) is 22.7 Å². The molecule has 150 valence electrons. The number of hydrogen-bond acceptors (Lipinski definition) is 5. The summed E-state index contributed by atoms with van der Waals surface area (Å²) in [4.78, 5) is 16.4. The van der Waals surface area contributed by atoms with Crippen molar-refractivity contribution in [3.63, 3.8) is 0 Å². The number of carbonyl (C=O) groups excluding carboxylic acids is 1. The van der Waals surface area contributed by atoms with Crippen LogP contribution < -0.4 is 10.1 Å². The highest BCUT2D eigenvalue weighted by molar-refractivity contribution is 5.91. The lowest BCUT2D eigenvalue weighted by Crippen LogP contribution is -2.20. The number of carbonyl (C=O) groups is 1. The summed E-state index contributed by atoms with van der Waals surface area (Å²) in [7, 11) is 0. The SMILES string of the molecule is Cc1ccc(NC(=O)COc2cccc(-c3noc(-c4cccc(F)c4)n3)c2)cc1. The second-order valence-electron chi connectivity index (χ2n) is 6.66. The van der Waals surface area contributed by atoms with Crippen molar-refractivity contribution >= 4 is 11.6 Å². The van der Waals surface area contributed by atoms with Crippen LogP contribution >= 0.6 is 0 Å². The zero-order valence-electron chi connectivity index (χ0n) is 16.1. The summed E-state index contributed by atoms with van der Waals surface area (Å²) in [6.45, 7) is 1.84. The largest absolute Gasteiger partial charge is 0.484 e.